The van der Waals surface area contributed by atoms with Crippen LogP contribution in [-0.2, 0) is 4.79 Å². The van der Waals surface area contributed by atoms with Crippen LogP contribution in [0.1, 0.15) is 42.7 Å². The molecule has 1 aliphatic carbocycles. The van der Waals surface area contributed by atoms with Gasteiger partial charge in [-0.05, 0) is 49.8 Å². The van der Waals surface area contributed by atoms with Crippen molar-refractivity contribution in [2.75, 3.05) is 6.54 Å². The first-order chi connectivity index (χ1) is 8.70. The molecule has 1 aromatic carbocycles. The molecule has 1 atom stereocenters. The van der Waals surface area contributed by atoms with E-state index < -0.39 is 0 Å². The van der Waals surface area contributed by atoms with E-state index in [4.69, 9.17) is 5.73 Å². The van der Waals surface area contributed by atoms with E-state index in [0.29, 0.717) is 19.0 Å². The topological polar surface area (TPSA) is 55.1 Å². The number of amides is 1. The Bertz CT molecular complexity index is 413. The van der Waals surface area contributed by atoms with E-state index in [1.165, 1.54) is 11.1 Å². The zero-order valence-corrected chi connectivity index (χ0v) is 11.0. The Kier molecular flexibility index (Phi) is 4.37. The molecule has 1 amide bonds. The summed E-state index contributed by atoms with van der Waals surface area (Å²) < 4.78 is 0. The number of benzene rings is 1. The normalized spacial score (nSPS) is 16.3. The van der Waals surface area contributed by atoms with Gasteiger partial charge in [-0.25, -0.2) is 0 Å². The van der Waals surface area contributed by atoms with Crippen molar-refractivity contribution in [3.63, 3.8) is 0 Å². The van der Waals surface area contributed by atoms with E-state index in [2.05, 4.69) is 24.4 Å². The van der Waals surface area contributed by atoms with E-state index in [9.17, 15) is 4.79 Å². The second-order valence-electron chi connectivity index (χ2n) is 5.17. The van der Waals surface area contributed by atoms with Crippen LogP contribution in [-0.4, -0.2) is 18.5 Å². The van der Waals surface area contributed by atoms with Crippen molar-refractivity contribution in [1.82, 2.24) is 5.32 Å². The van der Waals surface area contributed by atoms with Crippen molar-refractivity contribution in [2.45, 2.75) is 44.6 Å². The number of hydrogen-bond donors (Lipinski definition) is 2. The summed E-state index contributed by atoms with van der Waals surface area (Å²) in [7, 11) is 0. The summed E-state index contributed by atoms with van der Waals surface area (Å²) in [6.45, 7) is 2.70. The van der Waals surface area contributed by atoms with E-state index >= 15 is 0 Å². The fourth-order valence-corrected chi connectivity index (χ4v) is 2.28. The number of carbonyl (C=O) groups excluding carboxylic acids is 1. The lowest BCUT2D eigenvalue weighted by molar-refractivity contribution is -0.121. The van der Waals surface area contributed by atoms with Gasteiger partial charge >= 0.3 is 0 Å². The van der Waals surface area contributed by atoms with Crippen LogP contribution in [0.4, 0.5) is 0 Å². The summed E-state index contributed by atoms with van der Waals surface area (Å²) in [5.41, 5.74) is 8.38. The zero-order chi connectivity index (χ0) is 13.0. The molecule has 3 heteroatoms. The van der Waals surface area contributed by atoms with E-state index in [-0.39, 0.29) is 11.8 Å². The Morgan fingerprint density at radius 2 is 2.17 bits per heavy atom. The smallest absolute Gasteiger partial charge is 0.220 e. The highest BCUT2D eigenvalue weighted by Crippen LogP contribution is 2.24. The average Bonchev–Trinajstić information content (AvgIpc) is 3.16. The quantitative estimate of drug-likeness (QED) is 0.807. The van der Waals surface area contributed by atoms with Crippen molar-refractivity contribution in [2.24, 2.45) is 5.73 Å². The molecule has 3 N–H and O–H groups in total. The lowest BCUT2D eigenvalue weighted by Crippen LogP contribution is -2.26. The maximum atomic E-state index is 11.7. The summed E-state index contributed by atoms with van der Waals surface area (Å²) >= 11 is 0. The van der Waals surface area contributed by atoms with Gasteiger partial charge in [0.1, 0.15) is 0 Å². The largest absolute Gasteiger partial charge is 0.353 e. The highest BCUT2D eigenvalue weighted by Gasteiger charge is 2.23. The predicted molar refractivity (Wildman–Crippen MR) is 73.4 cm³/mol. The summed E-state index contributed by atoms with van der Waals surface area (Å²) in [6.07, 6.45) is 3.69. The highest BCUT2D eigenvalue weighted by molar-refractivity contribution is 5.76. The second-order valence-corrected chi connectivity index (χ2v) is 5.17. The van der Waals surface area contributed by atoms with Gasteiger partial charge in [0.2, 0.25) is 5.91 Å². The molecule has 1 unspecified atom stereocenters. The molecule has 0 aromatic heterocycles. The number of nitrogens with two attached hydrogens (primary N) is 1. The van der Waals surface area contributed by atoms with Crippen LogP contribution in [0.3, 0.4) is 0 Å². The molecule has 1 saturated carbocycles. The Morgan fingerprint density at radius 1 is 1.44 bits per heavy atom. The Hall–Kier alpha value is -1.35. The van der Waals surface area contributed by atoms with Gasteiger partial charge in [0.25, 0.3) is 0 Å². The first-order valence-electron chi connectivity index (χ1n) is 6.75. The minimum Gasteiger partial charge on any atom is -0.353 e. The van der Waals surface area contributed by atoms with Crippen LogP contribution in [0.25, 0.3) is 0 Å². The molecule has 3 nitrogen and oxygen atoms in total. The lowest BCUT2D eigenvalue weighted by atomic mass is 9.91. The number of hydrogen-bond acceptors (Lipinski definition) is 2. The molecule has 0 aliphatic heterocycles. The lowest BCUT2D eigenvalue weighted by Gasteiger charge is -2.17. The van der Waals surface area contributed by atoms with Gasteiger partial charge in [-0.1, -0.05) is 24.3 Å². The minimum atomic E-state index is 0.171. The molecule has 0 spiro atoms. The Labute approximate surface area is 109 Å². The van der Waals surface area contributed by atoms with Crippen molar-refractivity contribution in [3.8, 4) is 0 Å². The van der Waals surface area contributed by atoms with Gasteiger partial charge < -0.3 is 11.1 Å². The van der Waals surface area contributed by atoms with E-state index in [1.54, 1.807) is 0 Å². The summed E-state index contributed by atoms with van der Waals surface area (Å²) in [6, 6.07) is 8.74. The molecule has 2 rings (SSSR count). The maximum Gasteiger partial charge on any atom is 0.220 e. The summed E-state index contributed by atoms with van der Waals surface area (Å²) in [4.78, 5) is 11.7. The molecular weight excluding hydrogens is 224 g/mol. The van der Waals surface area contributed by atoms with Crippen LogP contribution in [0.15, 0.2) is 24.3 Å². The van der Waals surface area contributed by atoms with Crippen molar-refractivity contribution in [3.05, 3.63) is 35.4 Å². The monoisotopic (exact) mass is 246 g/mol. The van der Waals surface area contributed by atoms with Crippen molar-refractivity contribution >= 4 is 5.91 Å². The standard InChI is InChI=1S/C15H22N2O/c1-11-4-2-3-5-14(11)12(10-16)6-9-15(18)17-13-7-8-13/h2-5,12-13H,6-10,16H2,1H3,(H,17,18). The van der Waals surface area contributed by atoms with Gasteiger partial charge in [-0.3, -0.25) is 4.79 Å². The van der Waals surface area contributed by atoms with Crippen LogP contribution in [0, 0.1) is 6.92 Å². The molecule has 1 aliphatic rings. The van der Waals surface area contributed by atoms with Gasteiger partial charge in [0.05, 0.1) is 0 Å². The third-order valence-corrected chi connectivity index (χ3v) is 3.58. The highest BCUT2D eigenvalue weighted by atomic mass is 16.1. The van der Waals surface area contributed by atoms with Gasteiger partial charge in [0, 0.05) is 12.5 Å². The first kappa shape index (κ1) is 13.1. The molecule has 0 heterocycles. The number of carbonyl (C=O) groups is 1. The third kappa shape index (κ3) is 3.57. The molecular formula is C15H22N2O. The maximum absolute atomic E-state index is 11.7. The van der Waals surface area contributed by atoms with Crippen molar-refractivity contribution in [1.29, 1.82) is 0 Å². The molecule has 98 valence electrons. The van der Waals surface area contributed by atoms with Gasteiger partial charge in [-0.2, -0.15) is 0 Å². The Morgan fingerprint density at radius 3 is 2.78 bits per heavy atom. The second kappa shape index (κ2) is 6.01. The number of aryl methyl sites for hydroxylation is 1. The number of rotatable bonds is 6. The van der Waals surface area contributed by atoms with Crippen molar-refractivity contribution < 1.29 is 4.79 Å². The molecule has 18 heavy (non-hydrogen) atoms. The first-order valence-corrected chi connectivity index (χ1v) is 6.75. The predicted octanol–water partition coefficient (Wildman–Crippen LogP) is 2.10. The molecule has 0 radical (unpaired) electrons. The summed E-state index contributed by atoms with van der Waals surface area (Å²) in [5.74, 6) is 0.459. The molecule has 1 aromatic rings. The third-order valence-electron chi connectivity index (χ3n) is 3.58. The summed E-state index contributed by atoms with van der Waals surface area (Å²) in [5, 5.41) is 3.02. The molecule has 0 saturated heterocycles. The van der Waals surface area contributed by atoms with Crippen LogP contribution in [0.2, 0.25) is 0 Å². The average molecular weight is 246 g/mol. The van der Waals surface area contributed by atoms with E-state index in [0.717, 1.165) is 19.3 Å². The van der Waals surface area contributed by atoms with Gasteiger partial charge in [0.15, 0.2) is 0 Å². The zero-order valence-electron chi connectivity index (χ0n) is 11.0. The number of nitrogens with one attached hydrogen (secondary N) is 1. The van der Waals surface area contributed by atoms with Crippen LogP contribution >= 0.6 is 0 Å². The van der Waals surface area contributed by atoms with Crippen LogP contribution in [0.5, 0.6) is 0 Å². The van der Waals surface area contributed by atoms with E-state index in [1.807, 2.05) is 12.1 Å². The Balaban J connectivity index is 1.88. The minimum absolute atomic E-state index is 0.171. The molecule has 1 fully saturated rings. The molecule has 0 bridgehead atoms. The fraction of sp³-hybridized carbons (Fsp3) is 0.533. The SMILES string of the molecule is Cc1ccccc1C(CN)CCC(=O)NC1CC1. The van der Waals surface area contributed by atoms with Crippen LogP contribution < -0.4 is 11.1 Å². The fourth-order valence-electron chi connectivity index (χ4n) is 2.28. The van der Waals surface area contributed by atoms with Gasteiger partial charge in [-0.15, -0.1) is 0 Å².